The molecule has 120 valence electrons. The summed E-state index contributed by atoms with van der Waals surface area (Å²) in [6.45, 7) is 2.58. The average molecular weight is 299 g/mol. The minimum absolute atomic E-state index is 0.231. The summed E-state index contributed by atoms with van der Waals surface area (Å²) < 4.78 is 29.1. The normalized spacial score (nSPS) is 10.7. The van der Waals surface area contributed by atoms with E-state index in [2.05, 4.69) is 5.32 Å². The van der Waals surface area contributed by atoms with E-state index in [-0.39, 0.29) is 5.82 Å². The molecular weight excluding hydrogens is 273 g/mol. The van der Waals surface area contributed by atoms with E-state index in [1.54, 1.807) is 20.3 Å². The van der Waals surface area contributed by atoms with Gasteiger partial charge in [-0.2, -0.15) is 0 Å². The zero-order chi connectivity index (χ0) is 15.5. The Balaban J connectivity index is 2.32. The standard InChI is InChI=1S/C16H26FNO3/c1-19-10-9-18-8-6-4-5-7-13-11-15(20-2)16(21-3)12-14(13)17/h11-12,18H,4-10H2,1-3H3. The Morgan fingerprint density at radius 2 is 1.67 bits per heavy atom. The van der Waals surface area contributed by atoms with Gasteiger partial charge in [0, 0.05) is 19.7 Å². The Labute approximate surface area is 126 Å². The quantitative estimate of drug-likeness (QED) is 0.638. The molecule has 0 bridgehead atoms. The van der Waals surface area contributed by atoms with Crippen LogP contribution in [0.1, 0.15) is 24.8 Å². The highest BCUT2D eigenvalue weighted by Gasteiger charge is 2.10. The molecule has 0 radical (unpaired) electrons. The van der Waals surface area contributed by atoms with Crippen molar-refractivity contribution in [3.63, 3.8) is 0 Å². The Kier molecular flexibility index (Phi) is 8.78. The molecule has 0 aromatic heterocycles. The van der Waals surface area contributed by atoms with Crippen molar-refractivity contribution in [3.05, 3.63) is 23.5 Å². The van der Waals surface area contributed by atoms with Gasteiger partial charge in [0.1, 0.15) is 5.82 Å². The van der Waals surface area contributed by atoms with Crippen LogP contribution >= 0.6 is 0 Å². The second-order valence-electron chi connectivity index (χ2n) is 4.85. The first kappa shape index (κ1) is 17.7. The van der Waals surface area contributed by atoms with Crippen LogP contribution in [-0.2, 0) is 11.2 Å². The number of halogens is 1. The Bertz CT molecular complexity index is 413. The summed E-state index contributed by atoms with van der Waals surface area (Å²) in [4.78, 5) is 0. The van der Waals surface area contributed by atoms with Gasteiger partial charge in [-0.15, -0.1) is 0 Å². The third kappa shape index (κ3) is 6.31. The second kappa shape index (κ2) is 10.4. The molecule has 0 atom stereocenters. The van der Waals surface area contributed by atoms with Crippen LogP contribution in [-0.4, -0.2) is 41.0 Å². The molecule has 1 N–H and O–H groups in total. The summed E-state index contributed by atoms with van der Waals surface area (Å²) in [7, 11) is 4.76. The van der Waals surface area contributed by atoms with E-state index < -0.39 is 0 Å². The lowest BCUT2D eigenvalue weighted by Crippen LogP contribution is -2.20. The van der Waals surface area contributed by atoms with Gasteiger partial charge in [0.05, 0.1) is 20.8 Å². The molecule has 0 unspecified atom stereocenters. The van der Waals surface area contributed by atoms with E-state index in [1.165, 1.54) is 13.2 Å². The SMILES string of the molecule is COCCNCCCCCc1cc(OC)c(OC)cc1F. The van der Waals surface area contributed by atoms with Crippen molar-refractivity contribution < 1.29 is 18.6 Å². The van der Waals surface area contributed by atoms with Gasteiger partial charge in [0.15, 0.2) is 11.5 Å². The first-order valence-electron chi connectivity index (χ1n) is 7.33. The summed E-state index contributed by atoms with van der Waals surface area (Å²) in [5, 5.41) is 3.29. The summed E-state index contributed by atoms with van der Waals surface area (Å²) in [5.74, 6) is 0.780. The summed E-state index contributed by atoms with van der Waals surface area (Å²) in [6.07, 6.45) is 3.81. The molecule has 0 aliphatic heterocycles. The zero-order valence-corrected chi connectivity index (χ0v) is 13.2. The molecule has 21 heavy (non-hydrogen) atoms. The first-order chi connectivity index (χ1) is 10.2. The van der Waals surface area contributed by atoms with Crippen LogP contribution in [0.4, 0.5) is 4.39 Å². The number of hydrogen-bond acceptors (Lipinski definition) is 4. The fourth-order valence-corrected chi connectivity index (χ4v) is 2.13. The van der Waals surface area contributed by atoms with Gasteiger partial charge >= 0.3 is 0 Å². The van der Waals surface area contributed by atoms with Crippen molar-refractivity contribution in [2.45, 2.75) is 25.7 Å². The van der Waals surface area contributed by atoms with E-state index in [0.29, 0.717) is 23.5 Å². The lowest BCUT2D eigenvalue weighted by molar-refractivity contribution is 0.199. The van der Waals surface area contributed by atoms with Crippen molar-refractivity contribution in [1.29, 1.82) is 0 Å². The molecule has 0 fully saturated rings. The highest BCUT2D eigenvalue weighted by Crippen LogP contribution is 2.30. The topological polar surface area (TPSA) is 39.7 Å². The van der Waals surface area contributed by atoms with Gasteiger partial charge in [-0.05, 0) is 37.4 Å². The highest BCUT2D eigenvalue weighted by molar-refractivity contribution is 5.43. The highest BCUT2D eigenvalue weighted by atomic mass is 19.1. The minimum atomic E-state index is -0.231. The van der Waals surface area contributed by atoms with E-state index in [9.17, 15) is 4.39 Å². The van der Waals surface area contributed by atoms with Gasteiger partial charge in [0.25, 0.3) is 0 Å². The molecule has 0 aliphatic rings. The number of hydrogen-bond donors (Lipinski definition) is 1. The third-order valence-electron chi connectivity index (χ3n) is 3.34. The molecule has 1 aromatic carbocycles. The molecule has 1 rings (SSSR count). The van der Waals surface area contributed by atoms with Gasteiger partial charge < -0.3 is 19.5 Å². The number of nitrogens with one attached hydrogen (secondary N) is 1. The number of ether oxygens (including phenoxy) is 3. The molecule has 0 heterocycles. The van der Waals surface area contributed by atoms with Gasteiger partial charge in [-0.25, -0.2) is 4.39 Å². The number of methoxy groups -OCH3 is 3. The summed E-state index contributed by atoms with van der Waals surface area (Å²) in [5.41, 5.74) is 0.681. The van der Waals surface area contributed by atoms with Crippen molar-refractivity contribution in [2.75, 3.05) is 41.0 Å². The van der Waals surface area contributed by atoms with Crippen LogP contribution in [0.5, 0.6) is 11.5 Å². The zero-order valence-electron chi connectivity index (χ0n) is 13.2. The molecule has 0 amide bonds. The largest absolute Gasteiger partial charge is 0.493 e. The maximum Gasteiger partial charge on any atom is 0.163 e. The fourth-order valence-electron chi connectivity index (χ4n) is 2.13. The maximum absolute atomic E-state index is 13.9. The van der Waals surface area contributed by atoms with E-state index in [0.717, 1.165) is 39.0 Å². The molecule has 0 saturated heterocycles. The molecule has 0 aliphatic carbocycles. The summed E-state index contributed by atoms with van der Waals surface area (Å²) in [6, 6.07) is 3.12. The van der Waals surface area contributed by atoms with E-state index in [1.807, 2.05) is 0 Å². The summed E-state index contributed by atoms with van der Waals surface area (Å²) >= 11 is 0. The molecule has 0 spiro atoms. The monoisotopic (exact) mass is 299 g/mol. The fraction of sp³-hybridized carbons (Fsp3) is 0.625. The predicted molar refractivity (Wildman–Crippen MR) is 81.8 cm³/mol. The Hall–Kier alpha value is -1.33. The van der Waals surface area contributed by atoms with Crippen molar-refractivity contribution in [3.8, 4) is 11.5 Å². The van der Waals surface area contributed by atoms with Gasteiger partial charge in [-0.1, -0.05) is 6.42 Å². The number of rotatable bonds is 11. The maximum atomic E-state index is 13.9. The number of aryl methyl sites for hydroxylation is 1. The second-order valence-corrected chi connectivity index (χ2v) is 4.85. The van der Waals surface area contributed by atoms with E-state index >= 15 is 0 Å². The predicted octanol–water partition coefficient (Wildman–Crippen LogP) is 2.79. The van der Waals surface area contributed by atoms with Crippen LogP contribution in [0, 0.1) is 5.82 Å². The van der Waals surface area contributed by atoms with Crippen molar-refractivity contribution in [1.82, 2.24) is 5.32 Å². The van der Waals surface area contributed by atoms with Crippen LogP contribution < -0.4 is 14.8 Å². The molecule has 4 nitrogen and oxygen atoms in total. The average Bonchev–Trinajstić information content (AvgIpc) is 2.50. The number of unbranched alkanes of at least 4 members (excludes halogenated alkanes) is 2. The lowest BCUT2D eigenvalue weighted by atomic mass is 10.1. The van der Waals surface area contributed by atoms with Gasteiger partial charge in [-0.3, -0.25) is 0 Å². The van der Waals surface area contributed by atoms with Crippen molar-refractivity contribution in [2.24, 2.45) is 0 Å². The van der Waals surface area contributed by atoms with Crippen LogP contribution in [0.3, 0.4) is 0 Å². The van der Waals surface area contributed by atoms with E-state index in [4.69, 9.17) is 14.2 Å². The minimum Gasteiger partial charge on any atom is -0.493 e. The molecule has 1 aromatic rings. The van der Waals surface area contributed by atoms with Gasteiger partial charge in [0.2, 0.25) is 0 Å². The van der Waals surface area contributed by atoms with Crippen LogP contribution in [0.15, 0.2) is 12.1 Å². The molecule has 5 heteroatoms. The third-order valence-corrected chi connectivity index (χ3v) is 3.34. The number of benzene rings is 1. The smallest absolute Gasteiger partial charge is 0.163 e. The molecular formula is C16H26FNO3. The lowest BCUT2D eigenvalue weighted by Gasteiger charge is -2.11. The first-order valence-corrected chi connectivity index (χ1v) is 7.33. The van der Waals surface area contributed by atoms with Crippen LogP contribution in [0.2, 0.25) is 0 Å². The Morgan fingerprint density at radius 1 is 0.952 bits per heavy atom. The Morgan fingerprint density at radius 3 is 2.33 bits per heavy atom. The van der Waals surface area contributed by atoms with Crippen molar-refractivity contribution >= 4 is 0 Å². The van der Waals surface area contributed by atoms with Crippen LogP contribution in [0.25, 0.3) is 0 Å². The molecule has 0 saturated carbocycles.